The summed E-state index contributed by atoms with van der Waals surface area (Å²) in [5.41, 5.74) is 1.76. The van der Waals surface area contributed by atoms with Crippen LogP contribution in [0.1, 0.15) is 63.0 Å². The van der Waals surface area contributed by atoms with Crippen molar-refractivity contribution in [1.82, 2.24) is 0 Å². The minimum atomic E-state index is -0.293. The van der Waals surface area contributed by atoms with Gasteiger partial charge in [-0.2, -0.15) is 0 Å². The summed E-state index contributed by atoms with van der Waals surface area (Å²) < 4.78 is 5.92. The molecule has 4 nitrogen and oxygen atoms in total. The first-order valence-electron chi connectivity index (χ1n) is 7.91. The largest absolute Gasteiger partial charge is 0.486 e. The Morgan fingerprint density at radius 1 is 1.29 bits per heavy atom. The van der Waals surface area contributed by atoms with Crippen LogP contribution in [-0.4, -0.2) is 11.5 Å². The maximum Gasteiger partial charge on any atom is 0.314 e. The molecule has 0 unspecified atom stereocenters. The average molecular weight is 291 g/mol. The van der Waals surface area contributed by atoms with Crippen LogP contribution in [0.25, 0.3) is 0 Å². The fraction of sp³-hybridized carbons (Fsp3) is 0.647. The Hall–Kier alpha value is -1.58. The number of nitrogens with zero attached hydrogens (tertiary/aromatic N) is 1. The number of hydrogen-bond donors (Lipinski definition) is 0. The minimum Gasteiger partial charge on any atom is -0.486 e. The second kappa shape index (κ2) is 6.92. The van der Waals surface area contributed by atoms with Crippen molar-refractivity contribution < 1.29 is 9.66 Å². The standard InChI is InChI=1S/C17H25NO3/c1-12(2)15-10-9-13(3)17(16(15)18(19)20)21-11-14-7-5-4-6-8-14/h9-10,12,14H,4-8,11H2,1-3H3. The second-order valence-electron chi connectivity index (χ2n) is 6.38. The van der Waals surface area contributed by atoms with E-state index < -0.39 is 0 Å². The van der Waals surface area contributed by atoms with Gasteiger partial charge in [-0.15, -0.1) is 0 Å². The van der Waals surface area contributed by atoms with Crippen LogP contribution >= 0.6 is 0 Å². The first kappa shape index (κ1) is 15.8. The van der Waals surface area contributed by atoms with Crippen molar-refractivity contribution in [2.75, 3.05) is 6.61 Å². The van der Waals surface area contributed by atoms with Crippen LogP contribution in [0, 0.1) is 23.0 Å². The highest BCUT2D eigenvalue weighted by Crippen LogP contribution is 2.38. The molecule has 1 saturated carbocycles. The molecule has 0 atom stereocenters. The summed E-state index contributed by atoms with van der Waals surface area (Å²) in [6.07, 6.45) is 6.16. The zero-order valence-electron chi connectivity index (χ0n) is 13.2. The molecule has 0 amide bonds. The molecule has 0 radical (unpaired) electrons. The molecule has 116 valence electrons. The van der Waals surface area contributed by atoms with Gasteiger partial charge >= 0.3 is 5.69 Å². The first-order valence-corrected chi connectivity index (χ1v) is 7.91. The molecular formula is C17H25NO3. The van der Waals surface area contributed by atoms with Crippen molar-refractivity contribution in [3.05, 3.63) is 33.4 Å². The zero-order chi connectivity index (χ0) is 15.4. The van der Waals surface area contributed by atoms with E-state index in [0.717, 1.165) is 11.1 Å². The van der Waals surface area contributed by atoms with Gasteiger partial charge in [0.05, 0.1) is 11.5 Å². The Bertz CT molecular complexity index is 505. The zero-order valence-corrected chi connectivity index (χ0v) is 13.2. The maximum atomic E-state index is 11.5. The van der Waals surface area contributed by atoms with Crippen molar-refractivity contribution in [2.45, 2.75) is 58.8 Å². The lowest BCUT2D eigenvalue weighted by atomic mass is 9.90. The Balaban J connectivity index is 2.23. The van der Waals surface area contributed by atoms with E-state index in [4.69, 9.17) is 4.74 Å². The molecule has 0 bridgehead atoms. The highest BCUT2D eigenvalue weighted by molar-refractivity contribution is 5.58. The van der Waals surface area contributed by atoms with Crippen LogP contribution in [-0.2, 0) is 0 Å². The average Bonchev–Trinajstić information content (AvgIpc) is 2.46. The van der Waals surface area contributed by atoms with Gasteiger partial charge in [0.25, 0.3) is 0 Å². The van der Waals surface area contributed by atoms with Gasteiger partial charge in [0.2, 0.25) is 0 Å². The van der Waals surface area contributed by atoms with Gasteiger partial charge in [-0.3, -0.25) is 10.1 Å². The molecule has 0 aromatic heterocycles. The number of benzene rings is 1. The lowest BCUT2D eigenvalue weighted by Crippen LogP contribution is -2.16. The number of nitro benzene ring substituents is 1. The van der Waals surface area contributed by atoms with E-state index in [1.54, 1.807) is 0 Å². The molecule has 0 heterocycles. The Morgan fingerprint density at radius 3 is 2.52 bits per heavy atom. The Labute approximate surface area is 126 Å². The third-order valence-electron chi connectivity index (χ3n) is 4.35. The molecule has 0 saturated heterocycles. The molecule has 0 spiro atoms. The molecule has 0 N–H and O–H groups in total. The van der Waals surface area contributed by atoms with Crippen molar-refractivity contribution in [2.24, 2.45) is 5.92 Å². The fourth-order valence-electron chi connectivity index (χ4n) is 3.08. The van der Waals surface area contributed by atoms with Crippen LogP contribution < -0.4 is 4.74 Å². The molecule has 1 fully saturated rings. The summed E-state index contributed by atoms with van der Waals surface area (Å²) in [4.78, 5) is 11.2. The van der Waals surface area contributed by atoms with Crippen molar-refractivity contribution in [3.63, 3.8) is 0 Å². The lowest BCUT2D eigenvalue weighted by Gasteiger charge is -2.22. The van der Waals surface area contributed by atoms with Gasteiger partial charge < -0.3 is 4.74 Å². The van der Waals surface area contributed by atoms with Gasteiger partial charge in [-0.1, -0.05) is 45.2 Å². The van der Waals surface area contributed by atoms with Crippen molar-refractivity contribution >= 4 is 5.69 Å². The molecule has 21 heavy (non-hydrogen) atoms. The SMILES string of the molecule is Cc1ccc(C(C)C)c([N+](=O)[O-])c1OCC1CCCCC1. The number of nitro groups is 1. The normalized spacial score (nSPS) is 16.2. The van der Waals surface area contributed by atoms with E-state index in [1.165, 1.54) is 32.1 Å². The molecule has 1 aliphatic rings. The molecule has 1 aromatic carbocycles. The summed E-state index contributed by atoms with van der Waals surface area (Å²) in [5.74, 6) is 1.13. The van der Waals surface area contributed by atoms with Gasteiger partial charge in [0.15, 0.2) is 5.75 Å². The molecular weight excluding hydrogens is 266 g/mol. The third-order valence-corrected chi connectivity index (χ3v) is 4.35. The van der Waals surface area contributed by atoms with Crippen molar-refractivity contribution in [3.8, 4) is 5.75 Å². The van der Waals surface area contributed by atoms with E-state index in [9.17, 15) is 10.1 Å². The second-order valence-corrected chi connectivity index (χ2v) is 6.38. The summed E-state index contributed by atoms with van der Waals surface area (Å²) >= 11 is 0. The smallest absolute Gasteiger partial charge is 0.314 e. The number of rotatable bonds is 5. The summed E-state index contributed by atoms with van der Waals surface area (Å²) in [6.45, 7) is 6.43. The van der Waals surface area contributed by atoms with Crippen LogP contribution in [0.2, 0.25) is 0 Å². The predicted octanol–water partition coefficient (Wildman–Crippen LogP) is 4.99. The lowest BCUT2D eigenvalue weighted by molar-refractivity contribution is -0.386. The summed E-state index contributed by atoms with van der Waals surface area (Å²) in [7, 11) is 0. The van der Waals surface area contributed by atoms with E-state index >= 15 is 0 Å². The topological polar surface area (TPSA) is 52.4 Å². The maximum absolute atomic E-state index is 11.5. The van der Waals surface area contributed by atoms with Crippen LogP contribution in [0.15, 0.2) is 12.1 Å². The number of hydrogen-bond acceptors (Lipinski definition) is 3. The van der Waals surface area contributed by atoms with E-state index in [1.807, 2.05) is 32.9 Å². The van der Waals surface area contributed by atoms with Crippen LogP contribution in [0.5, 0.6) is 5.75 Å². The molecule has 1 aromatic rings. The Kier molecular flexibility index (Phi) is 5.21. The predicted molar refractivity (Wildman–Crippen MR) is 84.0 cm³/mol. The first-order chi connectivity index (χ1) is 10.0. The summed E-state index contributed by atoms with van der Waals surface area (Å²) in [6, 6.07) is 3.78. The molecule has 1 aliphatic carbocycles. The summed E-state index contributed by atoms with van der Waals surface area (Å²) in [5, 5.41) is 11.5. The van der Waals surface area contributed by atoms with Gasteiger partial charge in [0.1, 0.15) is 0 Å². The minimum absolute atomic E-state index is 0.114. The molecule has 2 rings (SSSR count). The number of ether oxygens (including phenoxy) is 1. The monoisotopic (exact) mass is 291 g/mol. The van der Waals surface area contributed by atoms with Crippen LogP contribution in [0.3, 0.4) is 0 Å². The van der Waals surface area contributed by atoms with Gasteiger partial charge in [-0.05, 0) is 37.2 Å². The van der Waals surface area contributed by atoms with E-state index in [2.05, 4.69) is 0 Å². The van der Waals surface area contributed by atoms with Crippen molar-refractivity contribution in [1.29, 1.82) is 0 Å². The van der Waals surface area contributed by atoms with E-state index in [0.29, 0.717) is 18.3 Å². The number of aryl methyl sites for hydroxylation is 1. The molecule has 4 heteroatoms. The Morgan fingerprint density at radius 2 is 1.95 bits per heavy atom. The van der Waals surface area contributed by atoms with E-state index in [-0.39, 0.29) is 16.5 Å². The third kappa shape index (κ3) is 3.74. The fourth-order valence-corrected chi connectivity index (χ4v) is 3.08. The highest BCUT2D eigenvalue weighted by Gasteiger charge is 2.26. The van der Waals surface area contributed by atoms with Crippen LogP contribution in [0.4, 0.5) is 5.69 Å². The van der Waals surface area contributed by atoms with Gasteiger partial charge in [-0.25, -0.2) is 0 Å². The molecule has 0 aliphatic heterocycles. The highest BCUT2D eigenvalue weighted by atomic mass is 16.6. The van der Waals surface area contributed by atoms with Gasteiger partial charge in [0, 0.05) is 5.56 Å². The quantitative estimate of drug-likeness (QED) is 0.567.